The zero-order valence-electron chi connectivity index (χ0n) is 20.8. The van der Waals surface area contributed by atoms with Crippen LogP contribution >= 0.6 is 11.6 Å². The number of hydrogen-bond acceptors (Lipinski definition) is 8. The molecule has 0 aliphatic heterocycles. The predicted octanol–water partition coefficient (Wildman–Crippen LogP) is 6.49. The summed E-state index contributed by atoms with van der Waals surface area (Å²) in [6, 6.07) is 6.64. The monoisotopic (exact) mass is 585 g/mol. The molecule has 1 aromatic carbocycles. The van der Waals surface area contributed by atoms with Crippen molar-refractivity contribution in [3.05, 3.63) is 94.9 Å². The van der Waals surface area contributed by atoms with Gasteiger partial charge in [-0.2, -0.15) is 22.8 Å². The van der Waals surface area contributed by atoms with Crippen LogP contribution in [0.2, 0.25) is 5.02 Å². The summed E-state index contributed by atoms with van der Waals surface area (Å²) in [6.07, 6.45) is 2.03. The number of hydrogen-bond donors (Lipinski definition) is 2. The van der Waals surface area contributed by atoms with Gasteiger partial charge >= 0.3 is 6.18 Å². The van der Waals surface area contributed by atoms with Gasteiger partial charge in [-0.1, -0.05) is 22.9 Å². The molecule has 0 spiro atoms. The fourth-order valence-electron chi connectivity index (χ4n) is 4.00. The first-order chi connectivity index (χ1) is 19.5. The van der Waals surface area contributed by atoms with Gasteiger partial charge < -0.3 is 10.6 Å². The summed E-state index contributed by atoms with van der Waals surface area (Å²) in [5.41, 5.74) is 1.72. The van der Waals surface area contributed by atoms with E-state index < -0.39 is 30.0 Å². The molecule has 0 aliphatic carbocycles. The molecule has 0 fully saturated rings. The lowest BCUT2D eigenvalue weighted by molar-refractivity contribution is -0.165. The zero-order valence-corrected chi connectivity index (χ0v) is 21.6. The van der Waals surface area contributed by atoms with Gasteiger partial charge in [0.15, 0.2) is 5.82 Å². The molecule has 5 rings (SSSR count). The lowest BCUT2D eigenvalue weighted by Crippen LogP contribution is -2.24. The van der Waals surface area contributed by atoms with Crippen LogP contribution in [0.4, 0.5) is 39.0 Å². The van der Waals surface area contributed by atoms with E-state index in [-0.39, 0.29) is 33.2 Å². The molecule has 208 valence electrons. The van der Waals surface area contributed by atoms with Gasteiger partial charge in [0.25, 0.3) is 0 Å². The van der Waals surface area contributed by atoms with Gasteiger partial charge in [-0.05, 0) is 30.7 Å². The van der Waals surface area contributed by atoms with Gasteiger partial charge in [0.05, 0.1) is 45.9 Å². The van der Waals surface area contributed by atoms with Crippen LogP contribution in [0, 0.1) is 23.1 Å². The van der Waals surface area contributed by atoms with Crippen LogP contribution < -0.4 is 10.6 Å². The lowest BCUT2D eigenvalue weighted by Gasteiger charge is -2.20. The zero-order chi connectivity index (χ0) is 29.3. The van der Waals surface area contributed by atoms with Crippen LogP contribution in [0.15, 0.2) is 61.3 Å². The highest BCUT2D eigenvalue weighted by atomic mass is 35.5. The number of halogens is 6. The molecule has 5 aromatic rings. The topological polar surface area (TPSA) is 117 Å². The Morgan fingerprint density at radius 1 is 1.07 bits per heavy atom. The van der Waals surface area contributed by atoms with E-state index in [1.54, 1.807) is 18.2 Å². The van der Waals surface area contributed by atoms with E-state index in [1.165, 1.54) is 30.9 Å². The number of nitrogens with one attached hydrogen (secondary N) is 2. The average molecular weight is 586 g/mol. The largest absolute Gasteiger partial charge is 0.410 e. The molecule has 0 saturated heterocycles. The number of benzene rings is 1. The third-order valence-corrected chi connectivity index (χ3v) is 6.42. The van der Waals surface area contributed by atoms with Crippen LogP contribution in [-0.2, 0) is 0 Å². The standard InChI is InChI=1S/C26H17ClF5N9/c1-13(26(30,31)32)41-12-21(39-40-41)23(14-3-2-4-34-9-14)37-16-5-18-22(38-17-7-20(28)25(29)36-11-17)15(8-33)10-35-24(18)19(27)6-16/h2-7,9-13,23,37H,1H3,(H,35,38). The summed E-state index contributed by atoms with van der Waals surface area (Å²) in [5, 5.41) is 23.9. The molecule has 0 radical (unpaired) electrons. The second-order valence-electron chi connectivity index (χ2n) is 8.84. The number of pyridine rings is 3. The van der Waals surface area contributed by atoms with E-state index in [2.05, 4.69) is 35.9 Å². The normalized spacial score (nSPS) is 13.0. The minimum absolute atomic E-state index is 0.0611. The second-order valence-corrected chi connectivity index (χ2v) is 9.25. The molecule has 0 bridgehead atoms. The summed E-state index contributed by atoms with van der Waals surface area (Å²) >= 11 is 6.55. The van der Waals surface area contributed by atoms with Gasteiger partial charge in [0, 0.05) is 35.7 Å². The molecule has 2 unspecified atom stereocenters. The van der Waals surface area contributed by atoms with Crippen LogP contribution in [0.1, 0.15) is 35.8 Å². The van der Waals surface area contributed by atoms with Gasteiger partial charge in [0.1, 0.15) is 17.8 Å². The van der Waals surface area contributed by atoms with Crippen LogP contribution in [0.25, 0.3) is 10.9 Å². The van der Waals surface area contributed by atoms with Crippen molar-refractivity contribution in [2.24, 2.45) is 0 Å². The lowest BCUT2D eigenvalue weighted by atomic mass is 10.0. The fourth-order valence-corrected chi connectivity index (χ4v) is 4.27. The second kappa shape index (κ2) is 10.9. The van der Waals surface area contributed by atoms with E-state index in [0.29, 0.717) is 16.6 Å². The molecule has 2 atom stereocenters. The summed E-state index contributed by atoms with van der Waals surface area (Å²) in [7, 11) is 0. The van der Waals surface area contributed by atoms with Crippen LogP contribution in [-0.4, -0.2) is 36.1 Å². The van der Waals surface area contributed by atoms with Crippen molar-refractivity contribution < 1.29 is 22.0 Å². The van der Waals surface area contributed by atoms with Gasteiger partial charge in [-0.3, -0.25) is 9.97 Å². The Morgan fingerprint density at radius 2 is 1.88 bits per heavy atom. The van der Waals surface area contributed by atoms with Crippen molar-refractivity contribution in [3.8, 4) is 6.07 Å². The maximum Gasteiger partial charge on any atom is 0.410 e. The highest BCUT2D eigenvalue weighted by Crippen LogP contribution is 2.37. The summed E-state index contributed by atoms with van der Waals surface area (Å²) < 4.78 is 67.8. The summed E-state index contributed by atoms with van der Waals surface area (Å²) in [5.74, 6) is -2.48. The van der Waals surface area contributed by atoms with E-state index in [0.717, 1.165) is 23.9 Å². The predicted molar refractivity (Wildman–Crippen MR) is 139 cm³/mol. The molecule has 41 heavy (non-hydrogen) atoms. The van der Waals surface area contributed by atoms with E-state index in [4.69, 9.17) is 11.6 Å². The molecule has 0 saturated carbocycles. The summed E-state index contributed by atoms with van der Waals surface area (Å²) in [4.78, 5) is 11.7. The van der Waals surface area contributed by atoms with Gasteiger partial charge in [-0.15, -0.1) is 5.10 Å². The highest BCUT2D eigenvalue weighted by Gasteiger charge is 2.38. The maximum atomic E-state index is 13.8. The Morgan fingerprint density at radius 3 is 2.56 bits per heavy atom. The first-order valence-corrected chi connectivity index (χ1v) is 12.2. The highest BCUT2D eigenvalue weighted by molar-refractivity contribution is 6.36. The summed E-state index contributed by atoms with van der Waals surface area (Å²) in [6.45, 7) is 0.963. The Hall–Kier alpha value is -4.90. The average Bonchev–Trinajstić information content (AvgIpc) is 3.43. The Balaban J connectivity index is 1.59. The molecule has 0 aliphatic rings. The molecule has 15 heteroatoms. The fraction of sp³-hybridized carbons (Fsp3) is 0.154. The molecule has 2 N–H and O–H groups in total. The number of fused-ring (bicyclic) bond motifs is 1. The number of nitriles is 1. The van der Waals surface area contributed by atoms with Gasteiger partial charge in [0.2, 0.25) is 5.95 Å². The smallest absolute Gasteiger partial charge is 0.373 e. The van der Waals surface area contributed by atoms with Crippen molar-refractivity contribution in [1.29, 1.82) is 5.26 Å². The van der Waals surface area contributed by atoms with Crippen molar-refractivity contribution in [3.63, 3.8) is 0 Å². The van der Waals surface area contributed by atoms with E-state index >= 15 is 0 Å². The molecule has 4 aromatic heterocycles. The maximum absolute atomic E-state index is 13.8. The van der Waals surface area contributed by atoms with Crippen molar-refractivity contribution in [1.82, 2.24) is 29.9 Å². The molecule has 0 amide bonds. The number of anilines is 3. The molecular weight excluding hydrogens is 569 g/mol. The third kappa shape index (κ3) is 5.71. The van der Waals surface area contributed by atoms with Crippen molar-refractivity contribution in [2.45, 2.75) is 25.2 Å². The number of rotatable bonds is 7. The number of alkyl halides is 3. The molecule has 9 nitrogen and oxygen atoms in total. The first-order valence-electron chi connectivity index (χ1n) is 11.8. The van der Waals surface area contributed by atoms with Crippen LogP contribution in [0.5, 0.6) is 0 Å². The van der Waals surface area contributed by atoms with Crippen LogP contribution in [0.3, 0.4) is 0 Å². The SMILES string of the molecule is CC(n1cc(C(Nc2cc(Cl)c3ncc(C#N)c(Nc4cnc(F)c(F)c4)c3c2)c2cccnc2)nn1)C(F)(F)F. The Labute approximate surface area is 233 Å². The van der Waals surface area contributed by atoms with Gasteiger partial charge in [-0.25, -0.2) is 14.1 Å². The number of aromatic nitrogens is 6. The molecule has 4 heterocycles. The first kappa shape index (κ1) is 27.7. The minimum atomic E-state index is -4.54. The van der Waals surface area contributed by atoms with E-state index in [1.807, 2.05) is 6.07 Å². The minimum Gasteiger partial charge on any atom is -0.373 e. The molecular formula is C26H17ClF5N9. The third-order valence-electron chi connectivity index (χ3n) is 6.13. The van der Waals surface area contributed by atoms with E-state index in [9.17, 15) is 27.2 Å². The number of nitrogens with zero attached hydrogens (tertiary/aromatic N) is 7. The van der Waals surface area contributed by atoms with Crippen molar-refractivity contribution >= 4 is 39.6 Å². The Bertz CT molecular complexity index is 1770. The Kier molecular flexibility index (Phi) is 7.38. The quantitative estimate of drug-likeness (QED) is 0.164. The van der Waals surface area contributed by atoms with Crippen molar-refractivity contribution in [2.75, 3.05) is 10.6 Å².